The van der Waals surface area contributed by atoms with Crippen molar-refractivity contribution < 1.29 is 47.8 Å². The zero-order chi connectivity index (χ0) is 34.9. The molecule has 0 aromatic rings. The van der Waals surface area contributed by atoms with Crippen molar-refractivity contribution in [2.45, 2.75) is 167 Å². The number of esters is 2. The first-order valence-electron chi connectivity index (χ1n) is 18.3. The first-order valence-corrected chi connectivity index (χ1v) is 19.8. The van der Waals surface area contributed by atoms with Crippen LogP contribution in [0, 0.1) is 0 Å². The molecule has 0 aliphatic carbocycles. The highest BCUT2D eigenvalue weighted by Gasteiger charge is 2.27. The van der Waals surface area contributed by atoms with Crippen LogP contribution < -0.4 is 0 Å². The van der Waals surface area contributed by atoms with Gasteiger partial charge in [-0.25, -0.2) is 4.57 Å². The van der Waals surface area contributed by atoms with E-state index >= 15 is 0 Å². The molecule has 0 amide bonds. The van der Waals surface area contributed by atoms with Crippen LogP contribution in [0.25, 0.3) is 0 Å². The zero-order valence-corrected chi connectivity index (χ0v) is 30.4. The first-order chi connectivity index (χ1) is 22.8. The summed E-state index contributed by atoms with van der Waals surface area (Å²) < 4.78 is 32.3. The molecule has 47 heavy (non-hydrogen) atoms. The Balaban J connectivity index is 4.03. The van der Waals surface area contributed by atoms with Gasteiger partial charge in [-0.1, -0.05) is 109 Å². The molecule has 276 valence electrons. The third-order valence-corrected chi connectivity index (χ3v) is 8.59. The molecule has 0 radical (unpaired) electrons. The van der Waals surface area contributed by atoms with E-state index in [0.717, 1.165) is 77.0 Å². The molecular formula is C36H67O10P. The lowest BCUT2D eigenvalue weighted by Crippen LogP contribution is -2.28. The quantitative estimate of drug-likeness (QED) is 0.0259. The van der Waals surface area contributed by atoms with E-state index in [0.29, 0.717) is 12.8 Å². The first kappa shape index (κ1) is 45.5. The third-order valence-electron chi connectivity index (χ3n) is 7.64. The molecule has 11 heteroatoms. The van der Waals surface area contributed by atoms with Crippen molar-refractivity contribution in [3.63, 3.8) is 0 Å². The highest BCUT2D eigenvalue weighted by atomic mass is 31.2. The van der Waals surface area contributed by atoms with Crippen molar-refractivity contribution in [3.8, 4) is 0 Å². The Morgan fingerprint density at radius 3 is 1.28 bits per heavy atom. The molecule has 0 fully saturated rings. The van der Waals surface area contributed by atoms with Gasteiger partial charge in [-0.15, -0.1) is 0 Å². The summed E-state index contributed by atoms with van der Waals surface area (Å²) in [6, 6.07) is 0. The van der Waals surface area contributed by atoms with Gasteiger partial charge in [0.2, 0.25) is 0 Å². The Kier molecular flexibility index (Phi) is 31.9. The van der Waals surface area contributed by atoms with E-state index in [-0.39, 0.29) is 12.8 Å². The maximum absolute atomic E-state index is 12.3. The zero-order valence-electron chi connectivity index (χ0n) is 29.5. The molecular weight excluding hydrogens is 623 g/mol. The molecule has 0 aromatic heterocycles. The van der Waals surface area contributed by atoms with E-state index in [1.807, 2.05) is 0 Å². The number of rotatable bonds is 34. The van der Waals surface area contributed by atoms with Gasteiger partial charge >= 0.3 is 19.8 Å². The monoisotopic (exact) mass is 690 g/mol. The Labute approximate surface area is 285 Å². The van der Waals surface area contributed by atoms with Crippen molar-refractivity contribution in [2.75, 3.05) is 26.4 Å². The van der Waals surface area contributed by atoms with Crippen LogP contribution in [0.3, 0.4) is 0 Å². The van der Waals surface area contributed by atoms with Crippen LogP contribution >= 0.6 is 7.82 Å². The molecule has 0 saturated heterocycles. The second-order valence-corrected chi connectivity index (χ2v) is 13.6. The number of ether oxygens (including phenoxy) is 2. The maximum atomic E-state index is 12.3. The van der Waals surface area contributed by atoms with Gasteiger partial charge in [-0.05, 0) is 57.8 Å². The van der Waals surface area contributed by atoms with Crippen LogP contribution in [0.4, 0.5) is 0 Å². The van der Waals surface area contributed by atoms with Gasteiger partial charge in [0.15, 0.2) is 0 Å². The third kappa shape index (κ3) is 31.5. The number of phosphoric acid groups is 1. The Morgan fingerprint density at radius 2 is 0.894 bits per heavy atom. The minimum Gasteiger partial charge on any atom is -0.457 e. The highest BCUT2D eigenvalue weighted by molar-refractivity contribution is 7.47. The molecule has 0 spiro atoms. The molecule has 3 unspecified atom stereocenters. The second kappa shape index (κ2) is 33.0. The van der Waals surface area contributed by atoms with E-state index in [1.54, 1.807) is 0 Å². The second-order valence-electron chi connectivity index (χ2n) is 12.2. The van der Waals surface area contributed by atoms with E-state index in [4.69, 9.17) is 18.5 Å². The van der Waals surface area contributed by atoms with Crippen molar-refractivity contribution in [2.24, 2.45) is 0 Å². The molecule has 0 saturated carbocycles. The molecule has 0 heterocycles. The lowest BCUT2D eigenvalue weighted by atomic mass is 10.1. The highest BCUT2D eigenvalue weighted by Crippen LogP contribution is 2.43. The van der Waals surface area contributed by atoms with Crippen LogP contribution in [0.5, 0.6) is 0 Å². The van der Waals surface area contributed by atoms with E-state index in [2.05, 4.69) is 38.2 Å². The number of phosphoric ester groups is 1. The van der Waals surface area contributed by atoms with Gasteiger partial charge in [0.25, 0.3) is 0 Å². The summed E-state index contributed by atoms with van der Waals surface area (Å²) in [7, 11) is -4.63. The average molecular weight is 691 g/mol. The minimum atomic E-state index is -4.63. The normalized spacial score (nSPS) is 14.4. The number of unbranched alkanes of at least 4 members (excludes halogenated alkanes) is 16. The van der Waals surface area contributed by atoms with Gasteiger partial charge < -0.3 is 24.6 Å². The summed E-state index contributed by atoms with van der Waals surface area (Å²) in [5, 5.41) is 19.0. The fourth-order valence-corrected chi connectivity index (χ4v) is 5.52. The maximum Gasteiger partial charge on any atom is 0.472 e. The van der Waals surface area contributed by atoms with Gasteiger partial charge in [0, 0.05) is 12.8 Å². The van der Waals surface area contributed by atoms with Crippen LogP contribution in [0.1, 0.15) is 155 Å². The summed E-state index contributed by atoms with van der Waals surface area (Å²) in [4.78, 5) is 34.3. The standard InChI is InChI=1S/C36H67O10P/c1-3-5-7-9-11-13-15-16-18-20-22-24-26-28-36(40)46-34(30-38)32-44-47(41,42)43-31-33(29-37)45-35(39)27-25-23-21-19-17-14-12-10-8-6-4-2/h10,12-13,15,33-34,37-38H,3-9,11,14,16-32H2,1-2H3,(H,41,42)/b12-10-,15-13-. The average Bonchev–Trinajstić information content (AvgIpc) is 3.05. The Hall–Kier alpha value is -1.55. The van der Waals surface area contributed by atoms with Crippen molar-refractivity contribution in [3.05, 3.63) is 24.3 Å². The van der Waals surface area contributed by atoms with Crippen molar-refractivity contribution in [1.29, 1.82) is 0 Å². The van der Waals surface area contributed by atoms with Gasteiger partial charge in [-0.2, -0.15) is 0 Å². The smallest absolute Gasteiger partial charge is 0.457 e. The van der Waals surface area contributed by atoms with E-state index in [9.17, 15) is 29.3 Å². The van der Waals surface area contributed by atoms with Crippen LogP contribution in [-0.4, -0.2) is 65.7 Å². The fraction of sp³-hybridized carbons (Fsp3) is 0.833. The molecule has 10 nitrogen and oxygen atoms in total. The molecule has 3 atom stereocenters. The van der Waals surface area contributed by atoms with E-state index < -0.39 is 58.4 Å². The lowest BCUT2D eigenvalue weighted by Gasteiger charge is -2.20. The summed E-state index contributed by atoms with van der Waals surface area (Å²) in [5.41, 5.74) is 0. The van der Waals surface area contributed by atoms with Crippen molar-refractivity contribution >= 4 is 19.8 Å². The van der Waals surface area contributed by atoms with Crippen LogP contribution in [0.15, 0.2) is 24.3 Å². The number of aliphatic hydroxyl groups is 2. The predicted molar refractivity (Wildman–Crippen MR) is 187 cm³/mol. The van der Waals surface area contributed by atoms with E-state index in [1.165, 1.54) is 38.5 Å². The van der Waals surface area contributed by atoms with Crippen molar-refractivity contribution in [1.82, 2.24) is 0 Å². The number of hydrogen-bond acceptors (Lipinski definition) is 9. The molecule has 0 rings (SSSR count). The molecule has 0 aliphatic heterocycles. The Morgan fingerprint density at radius 1 is 0.553 bits per heavy atom. The summed E-state index contributed by atoms with van der Waals surface area (Å²) in [6.45, 7) is 2.11. The number of aliphatic hydroxyl groups excluding tert-OH is 2. The fourth-order valence-electron chi connectivity index (χ4n) is 4.74. The molecule has 0 aromatic carbocycles. The SMILES string of the molecule is CCCC/C=C\CCCCCCCC(=O)OC(CO)COP(=O)(O)OCC(CO)OC(=O)CCCCCCC/C=C\CCCCCC. The van der Waals surface area contributed by atoms with Crippen LogP contribution in [-0.2, 0) is 32.7 Å². The number of hydrogen-bond donors (Lipinski definition) is 3. The number of carbonyl (C=O) groups is 2. The molecule has 3 N–H and O–H groups in total. The summed E-state index contributed by atoms with van der Waals surface area (Å²) in [5.74, 6) is -1.04. The van der Waals surface area contributed by atoms with Gasteiger partial charge in [0.1, 0.15) is 12.2 Å². The van der Waals surface area contributed by atoms with Crippen LogP contribution in [0.2, 0.25) is 0 Å². The number of allylic oxidation sites excluding steroid dienone is 4. The minimum absolute atomic E-state index is 0.182. The lowest BCUT2D eigenvalue weighted by molar-refractivity contribution is -0.153. The molecule has 0 aliphatic rings. The van der Waals surface area contributed by atoms with Gasteiger partial charge in [0.05, 0.1) is 26.4 Å². The van der Waals surface area contributed by atoms with Gasteiger partial charge in [-0.3, -0.25) is 18.6 Å². The predicted octanol–water partition coefficient (Wildman–Crippen LogP) is 8.66. The summed E-state index contributed by atoms with van der Waals surface area (Å²) >= 11 is 0. The topological polar surface area (TPSA) is 149 Å². The number of carbonyl (C=O) groups excluding carboxylic acids is 2. The summed E-state index contributed by atoms with van der Waals surface area (Å²) in [6.07, 6.45) is 28.7. The molecule has 0 bridgehead atoms. The Bertz CT molecular complexity index is 848. The largest absolute Gasteiger partial charge is 0.472 e.